The lowest BCUT2D eigenvalue weighted by Crippen LogP contribution is -2.08. The molecule has 0 unspecified atom stereocenters. The Labute approximate surface area is 162 Å². The fraction of sp³-hybridized carbons (Fsp3) is 0.286. The summed E-state index contributed by atoms with van der Waals surface area (Å²) in [5.74, 6) is 1.05. The van der Waals surface area contributed by atoms with E-state index in [0.29, 0.717) is 5.41 Å². The lowest BCUT2D eigenvalue weighted by atomic mass is 10.0. The van der Waals surface area contributed by atoms with E-state index in [1.165, 1.54) is 18.4 Å². The van der Waals surface area contributed by atoms with Crippen molar-refractivity contribution in [2.24, 2.45) is 7.05 Å². The van der Waals surface area contributed by atoms with Gasteiger partial charge in [-0.15, -0.1) is 0 Å². The van der Waals surface area contributed by atoms with Crippen LogP contribution in [-0.2, 0) is 12.5 Å². The third-order valence-electron chi connectivity index (χ3n) is 6.17. The van der Waals surface area contributed by atoms with Gasteiger partial charge < -0.3 is 10.2 Å². The lowest BCUT2D eigenvalue weighted by Gasteiger charge is -2.17. The summed E-state index contributed by atoms with van der Waals surface area (Å²) in [6.07, 6.45) is 10.2. The van der Waals surface area contributed by atoms with Crippen LogP contribution in [0.5, 0.6) is 0 Å². The van der Waals surface area contributed by atoms with Crippen molar-refractivity contribution in [3.05, 3.63) is 54.7 Å². The highest BCUT2D eigenvalue weighted by atomic mass is 15.3. The van der Waals surface area contributed by atoms with Crippen LogP contribution in [-0.4, -0.2) is 37.9 Å². The molecule has 1 fully saturated rings. The first-order valence-corrected chi connectivity index (χ1v) is 9.57. The molecule has 0 atom stereocenters. The van der Waals surface area contributed by atoms with Crippen LogP contribution in [0.15, 0.2) is 49.2 Å². The van der Waals surface area contributed by atoms with Crippen LogP contribution >= 0.6 is 0 Å². The van der Waals surface area contributed by atoms with Crippen LogP contribution in [0.25, 0.3) is 16.7 Å². The Morgan fingerprint density at radius 3 is 2.79 bits per heavy atom. The van der Waals surface area contributed by atoms with E-state index in [1.54, 1.807) is 4.68 Å². The van der Waals surface area contributed by atoms with E-state index < -0.39 is 0 Å². The number of pyridine rings is 1. The van der Waals surface area contributed by atoms with Gasteiger partial charge in [-0.2, -0.15) is 5.10 Å². The molecule has 4 aromatic rings. The molecule has 3 aromatic heterocycles. The van der Waals surface area contributed by atoms with Gasteiger partial charge in [0.2, 0.25) is 0 Å². The summed E-state index contributed by atoms with van der Waals surface area (Å²) in [6.45, 7) is 1.02. The van der Waals surface area contributed by atoms with Crippen molar-refractivity contribution in [1.82, 2.24) is 24.3 Å². The minimum absolute atomic E-state index is 0.328. The summed E-state index contributed by atoms with van der Waals surface area (Å²) >= 11 is 0. The molecule has 1 aromatic carbocycles. The number of hydrogen-bond donors (Lipinski definition) is 1. The highest BCUT2D eigenvalue weighted by Crippen LogP contribution is 2.54. The minimum Gasteiger partial charge on any atom is -0.369 e. The molecule has 1 N–H and O–H groups in total. The molecule has 7 heteroatoms. The standard InChI is InChI=1S/C21H21N7/c1-26-11-16(10-25-26)27(2)14-3-4-19-18(8-14)24-13-28(19)15-7-17-20(22-9-15)23-12-21(17)5-6-21/h3-4,7-11,13H,5-6,12H2,1-2H3,(H,22,23). The number of hydrogen-bond acceptors (Lipinski definition) is 5. The van der Waals surface area contributed by atoms with Gasteiger partial charge in [0, 0.05) is 43.5 Å². The summed E-state index contributed by atoms with van der Waals surface area (Å²) < 4.78 is 3.94. The van der Waals surface area contributed by atoms with Gasteiger partial charge in [0.25, 0.3) is 0 Å². The van der Waals surface area contributed by atoms with E-state index >= 15 is 0 Å². The van der Waals surface area contributed by atoms with E-state index in [4.69, 9.17) is 0 Å². The van der Waals surface area contributed by atoms with Gasteiger partial charge in [-0.05, 0) is 37.1 Å². The zero-order chi connectivity index (χ0) is 18.9. The topological polar surface area (TPSA) is 63.8 Å². The second-order valence-electron chi connectivity index (χ2n) is 7.94. The molecular weight excluding hydrogens is 350 g/mol. The maximum Gasteiger partial charge on any atom is 0.129 e. The minimum atomic E-state index is 0.328. The number of nitrogens with zero attached hydrogens (tertiary/aromatic N) is 6. The van der Waals surface area contributed by atoms with E-state index in [2.05, 4.69) is 54.1 Å². The second-order valence-corrected chi connectivity index (χ2v) is 7.94. The summed E-state index contributed by atoms with van der Waals surface area (Å²) in [4.78, 5) is 11.4. The van der Waals surface area contributed by atoms with E-state index in [-0.39, 0.29) is 0 Å². The molecule has 1 aliphatic heterocycles. The molecule has 0 amide bonds. The normalized spacial score (nSPS) is 16.4. The third-order valence-corrected chi connectivity index (χ3v) is 6.17. The van der Waals surface area contributed by atoms with Crippen molar-refractivity contribution in [1.29, 1.82) is 0 Å². The SMILES string of the molecule is CN(c1ccc2c(c1)ncn2-c1cnc2c(c1)C1(CC1)CN2)c1cnn(C)c1. The molecule has 1 saturated carbocycles. The Balaban J connectivity index is 1.40. The van der Waals surface area contributed by atoms with Crippen LogP contribution < -0.4 is 10.2 Å². The molecule has 0 radical (unpaired) electrons. The quantitative estimate of drug-likeness (QED) is 0.598. The molecule has 140 valence electrons. The fourth-order valence-electron chi connectivity index (χ4n) is 4.22. The first kappa shape index (κ1) is 15.7. The average Bonchev–Trinajstić information content (AvgIpc) is 3.02. The van der Waals surface area contributed by atoms with Gasteiger partial charge in [0.05, 0.1) is 34.8 Å². The van der Waals surface area contributed by atoms with Gasteiger partial charge in [-0.1, -0.05) is 0 Å². The van der Waals surface area contributed by atoms with Gasteiger partial charge in [-0.3, -0.25) is 9.25 Å². The fourth-order valence-corrected chi connectivity index (χ4v) is 4.22. The number of rotatable bonds is 3. The summed E-state index contributed by atoms with van der Waals surface area (Å²) in [5.41, 5.74) is 6.94. The van der Waals surface area contributed by atoms with Crippen molar-refractivity contribution in [3.63, 3.8) is 0 Å². The highest BCUT2D eigenvalue weighted by molar-refractivity contribution is 5.83. The van der Waals surface area contributed by atoms with Crippen molar-refractivity contribution in [3.8, 4) is 5.69 Å². The number of nitrogens with one attached hydrogen (secondary N) is 1. The Kier molecular flexibility index (Phi) is 2.99. The maximum atomic E-state index is 4.67. The van der Waals surface area contributed by atoms with Gasteiger partial charge in [0.15, 0.2) is 0 Å². The van der Waals surface area contributed by atoms with E-state index in [9.17, 15) is 0 Å². The molecule has 1 spiro atoms. The maximum absolute atomic E-state index is 4.67. The number of fused-ring (bicyclic) bond motifs is 3. The molecular formula is C21H21N7. The zero-order valence-electron chi connectivity index (χ0n) is 15.9. The number of benzene rings is 1. The number of imidazole rings is 1. The Bertz CT molecular complexity index is 1210. The van der Waals surface area contributed by atoms with Crippen molar-refractivity contribution < 1.29 is 0 Å². The lowest BCUT2D eigenvalue weighted by molar-refractivity contribution is 0.767. The van der Waals surface area contributed by atoms with Crippen LogP contribution in [0.1, 0.15) is 18.4 Å². The number of anilines is 3. The van der Waals surface area contributed by atoms with Gasteiger partial charge >= 0.3 is 0 Å². The highest BCUT2D eigenvalue weighted by Gasteiger charge is 2.49. The Morgan fingerprint density at radius 2 is 2.00 bits per heavy atom. The largest absolute Gasteiger partial charge is 0.369 e. The molecule has 1 aliphatic carbocycles. The van der Waals surface area contributed by atoms with E-state index in [1.807, 2.05) is 39.0 Å². The molecule has 6 rings (SSSR count). The molecule has 0 saturated heterocycles. The monoisotopic (exact) mass is 371 g/mol. The molecule has 28 heavy (non-hydrogen) atoms. The van der Waals surface area contributed by atoms with Crippen LogP contribution in [0, 0.1) is 0 Å². The van der Waals surface area contributed by atoms with Crippen molar-refractivity contribution >= 4 is 28.2 Å². The number of aromatic nitrogens is 5. The predicted molar refractivity (Wildman–Crippen MR) is 110 cm³/mol. The third kappa shape index (κ3) is 2.19. The smallest absolute Gasteiger partial charge is 0.129 e. The summed E-state index contributed by atoms with van der Waals surface area (Å²) in [7, 11) is 3.97. The van der Waals surface area contributed by atoms with Gasteiger partial charge in [0.1, 0.15) is 12.1 Å². The Morgan fingerprint density at radius 1 is 1.11 bits per heavy atom. The van der Waals surface area contributed by atoms with Crippen molar-refractivity contribution in [2.75, 3.05) is 23.8 Å². The van der Waals surface area contributed by atoms with Crippen LogP contribution in [0.3, 0.4) is 0 Å². The molecule has 2 aliphatic rings. The zero-order valence-corrected chi connectivity index (χ0v) is 15.9. The average molecular weight is 371 g/mol. The molecule has 0 bridgehead atoms. The Hall–Kier alpha value is -3.35. The molecule has 4 heterocycles. The van der Waals surface area contributed by atoms with Crippen LogP contribution in [0.2, 0.25) is 0 Å². The first-order valence-electron chi connectivity index (χ1n) is 9.57. The van der Waals surface area contributed by atoms with E-state index in [0.717, 1.165) is 40.5 Å². The summed E-state index contributed by atoms with van der Waals surface area (Å²) in [5, 5.41) is 7.71. The first-order chi connectivity index (χ1) is 13.6. The predicted octanol–water partition coefficient (Wildman–Crippen LogP) is 3.38. The van der Waals surface area contributed by atoms with Crippen molar-refractivity contribution in [2.45, 2.75) is 18.3 Å². The summed E-state index contributed by atoms with van der Waals surface area (Å²) in [6, 6.07) is 8.65. The van der Waals surface area contributed by atoms with Gasteiger partial charge in [-0.25, -0.2) is 9.97 Å². The molecule has 7 nitrogen and oxygen atoms in total. The second kappa shape index (κ2) is 5.34. The van der Waals surface area contributed by atoms with Crippen LogP contribution in [0.4, 0.5) is 17.2 Å². The number of aryl methyl sites for hydroxylation is 1.